The molecule has 0 bridgehead atoms. The first-order chi connectivity index (χ1) is 10.7. The zero-order valence-electron chi connectivity index (χ0n) is 12.3. The van der Waals surface area contributed by atoms with Gasteiger partial charge in [-0.2, -0.15) is 5.10 Å². The van der Waals surface area contributed by atoms with Gasteiger partial charge >= 0.3 is 0 Å². The van der Waals surface area contributed by atoms with E-state index in [1.165, 1.54) is 0 Å². The lowest BCUT2D eigenvalue weighted by molar-refractivity contribution is 0.0374. The van der Waals surface area contributed by atoms with Gasteiger partial charge in [-0.05, 0) is 43.7 Å². The highest BCUT2D eigenvalue weighted by Crippen LogP contribution is 2.24. The van der Waals surface area contributed by atoms with Crippen LogP contribution < -0.4 is 0 Å². The van der Waals surface area contributed by atoms with E-state index in [2.05, 4.69) is 10.00 Å². The molecule has 2 aromatic rings. The maximum absolute atomic E-state index is 6.22. The third kappa shape index (κ3) is 4.02. The summed E-state index contributed by atoms with van der Waals surface area (Å²) >= 11 is 12.1. The molecule has 0 aliphatic carbocycles. The smallest absolute Gasteiger partial charge is 0.0832 e. The molecule has 0 radical (unpaired) electrons. The Labute approximate surface area is 140 Å². The van der Waals surface area contributed by atoms with Crippen molar-refractivity contribution in [2.24, 2.45) is 0 Å². The lowest BCUT2D eigenvalue weighted by Gasteiger charge is -2.26. The van der Waals surface area contributed by atoms with Crippen molar-refractivity contribution in [3.63, 3.8) is 0 Å². The molecule has 1 aromatic carbocycles. The molecule has 4 nitrogen and oxygen atoms in total. The first-order valence-corrected chi connectivity index (χ1v) is 8.28. The van der Waals surface area contributed by atoms with Crippen LogP contribution in [0.2, 0.25) is 10.0 Å². The average Bonchev–Trinajstić information content (AvgIpc) is 2.97. The highest BCUT2D eigenvalue weighted by atomic mass is 35.5. The molecule has 0 N–H and O–H groups in total. The molecule has 0 atom stereocenters. The molecular formula is C16H19Cl2N3O. The molecule has 0 saturated carbocycles. The number of nitrogens with zero attached hydrogens (tertiary/aromatic N) is 3. The van der Waals surface area contributed by atoms with Crippen molar-refractivity contribution in [2.45, 2.75) is 12.8 Å². The average molecular weight is 340 g/mol. The highest BCUT2D eigenvalue weighted by molar-refractivity contribution is 6.35. The van der Waals surface area contributed by atoms with Crippen LogP contribution in [0.3, 0.4) is 0 Å². The van der Waals surface area contributed by atoms with Gasteiger partial charge in [0.1, 0.15) is 0 Å². The number of ether oxygens (including phenoxy) is 1. The fraction of sp³-hybridized carbons (Fsp3) is 0.438. The highest BCUT2D eigenvalue weighted by Gasteiger charge is 2.10. The standard InChI is InChI=1S/C16H19Cl2N3O/c17-13-3-4-16(15(18)12-13)21-7-5-14(19-21)2-1-6-20-8-10-22-11-9-20/h3-5,7,12H,1-2,6,8-11H2. The van der Waals surface area contributed by atoms with Crippen LogP contribution in [0.5, 0.6) is 0 Å². The molecule has 1 fully saturated rings. The van der Waals surface area contributed by atoms with Gasteiger partial charge in [0.25, 0.3) is 0 Å². The van der Waals surface area contributed by atoms with Crippen LogP contribution in [-0.2, 0) is 11.2 Å². The summed E-state index contributed by atoms with van der Waals surface area (Å²) in [6, 6.07) is 7.49. The number of benzene rings is 1. The molecule has 1 aliphatic rings. The van der Waals surface area contributed by atoms with Gasteiger partial charge in [-0.25, -0.2) is 4.68 Å². The first kappa shape index (κ1) is 15.8. The van der Waals surface area contributed by atoms with Crippen molar-refractivity contribution in [1.82, 2.24) is 14.7 Å². The van der Waals surface area contributed by atoms with Gasteiger partial charge in [0, 0.05) is 24.3 Å². The quantitative estimate of drug-likeness (QED) is 0.835. The predicted octanol–water partition coefficient (Wildman–Crippen LogP) is 3.44. The summed E-state index contributed by atoms with van der Waals surface area (Å²) in [4.78, 5) is 2.44. The van der Waals surface area contributed by atoms with E-state index in [4.69, 9.17) is 27.9 Å². The summed E-state index contributed by atoms with van der Waals surface area (Å²) < 4.78 is 7.17. The Morgan fingerprint density at radius 3 is 2.73 bits per heavy atom. The molecule has 0 spiro atoms. The summed E-state index contributed by atoms with van der Waals surface area (Å²) in [6.45, 7) is 4.87. The molecule has 1 aliphatic heterocycles. The second-order valence-corrected chi connectivity index (χ2v) is 6.25. The van der Waals surface area contributed by atoms with E-state index in [9.17, 15) is 0 Å². The fourth-order valence-electron chi connectivity index (χ4n) is 2.60. The van der Waals surface area contributed by atoms with E-state index < -0.39 is 0 Å². The van der Waals surface area contributed by atoms with E-state index in [1.54, 1.807) is 6.07 Å². The van der Waals surface area contributed by atoms with Crippen LogP contribution in [0.4, 0.5) is 0 Å². The van der Waals surface area contributed by atoms with E-state index in [1.807, 2.05) is 29.1 Å². The Bertz CT molecular complexity index is 624. The van der Waals surface area contributed by atoms with Crippen molar-refractivity contribution >= 4 is 23.2 Å². The third-order valence-corrected chi connectivity index (χ3v) is 4.35. The molecule has 0 unspecified atom stereocenters. The number of halogens is 2. The molecule has 3 rings (SSSR count). The molecule has 22 heavy (non-hydrogen) atoms. The summed E-state index contributed by atoms with van der Waals surface area (Å²) in [5.41, 5.74) is 1.93. The Balaban J connectivity index is 1.56. The van der Waals surface area contributed by atoms with Gasteiger partial charge in [-0.3, -0.25) is 4.90 Å². The van der Waals surface area contributed by atoms with Crippen molar-refractivity contribution < 1.29 is 4.74 Å². The molecule has 1 aromatic heterocycles. The zero-order valence-corrected chi connectivity index (χ0v) is 13.9. The summed E-state index contributed by atoms with van der Waals surface area (Å²) in [6.07, 6.45) is 4.01. The Morgan fingerprint density at radius 1 is 1.14 bits per heavy atom. The van der Waals surface area contributed by atoms with Crippen molar-refractivity contribution in [3.05, 3.63) is 46.2 Å². The topological polar surface area (TPSA) is 30.3 Å². The lowest BCUT2D eigenvalue weighted by Crippen LogP contribution is -2.36. The maximum atomic E-state index is 6.22. The molecule has 6 heteroatoms. The van der Waals surface area contributed by atoms with Gasteiger partial charge < -0.3 is 4.74 Å². The number of rotatable bonds is 5. The fourth-order valence-corrected chi connectivity index (χ4v) is 3.10. The summed E-state index contributed by atoms with van der Waals surface area (Å²) in [5.74, 6) is 0. The third-order valence-electron chi connectivity index (χ3n) is 3.81. The van der Waals surface area contributed by atoms with Crippen LogP contribution in [0.1, 0.15) is 12.1 Å². The summed E-state index contributed by atoms with van der Waals surface area (Å²) in [7, 11) is 0. The number of aryl methyl sites for hydroxylation is 1. The van der Waals surface area contributed by atoms with Crippen LogP contribution >= 0.6 is 23.2 Å². The minimum atomic E-state index is 0.607. The summed E-state index contributed by atoms with van der Waals surface area (Å²) in [5, 5.41) is 5.84. The van der Waals surface area contributed by atoms with Crippen LogP contribution in [0.25, 0.3) is 5.69 Å². The van der Waals surface area contributed by atoms with Crippen molar-refractivity contribution in [2.75, 3.05) is 32.8 Å². The molecule has 1 saturated heterocycles. The van der Waals surface area contributed by atoms with E-state index in [0.29, 0.717) is 10.0 Å². The predicted molar refractivity (Wildman–Crippen MR) is 89.2 cm³/mol. The number of hydrogen-bond donors (Lipinski definition) is 0. The van der Waals surface area contributed by atoms with Gasteiger partial charge in [0.15, 0.2) is 0 Å². The molecule has 0 amide bonds. The van der Waals surface area contributed by atoms with Gasteiger partial charge in [-0.1, -0.05) is 23.2 Å². The van der Waals surface area contributed by atoms with Crippen LogP contribution in [0.15, 0.2) is 30.5 Å². The Kier molecular flexibility index (Phi) is 5.37. The monoisotopic (exact) mass is 339 g/mol. The minimum Gasteiger partial charge on any atom is -0.379 e. The van der Waals surface area contributed by atoms with Gasteiger partial charge in [0.05, 0.1) is 29.6 Å². The van der Waals surface area contributed by atoms with Gasteiger partial charge in [0.2, 0.25) is 0 Å². The number of aromatic nitrogens is 2. The second-order valence-electron chi connectivity index (χ2n) is 5.40. The Morgan fingerprint density at radius 2 is 1.95 bits per heavy atom. The molecular weight excluding hydrogens is 321 g/mol. The normalized spacial score (nSPS) is 16.1. The second kappa shape index (κ2) is 7.47. The van der Waals surface area contributed by atoms with Gasteiger partial charge in [-0.15, -0.1) is 0 Å². The van der Waals surface area contributed by atoms with E-state index in [-0.39, 0.29) is 0 Å². The molecule has 118 valence electrons. The maximum Gasteiger partial charge on any atom is 0.0832 e. The minimum absolute atomic E-state index is 0.607. The molecule has 2 heterocycles. The number of hydrogen-bond acceptors (Lipinski definition) is 3. The lowest BCUT2D eigenvalue weighted by atomic mass is 10.2. The van der Waals surface area contributed by atoms with E-state index >= 15 is 0 Å². The van der Waals surface area contributed by atoms with Crippen LogP contribution in [-0.4, -0.2) is 47.5 Å². The van der Waals surface area contributed by atoms with Crippen molar-refractivity contribution in [1.29, 1.82) is 0 Å². The van der Waals surface area contributed by atoms with E-state index in [0.717, 1.165) is 57.1 Å². The zero-order chi connectivity index (χ0) is 15.4. The SMILES string of the molecule is Clc1ccc(-n2ccc(CCCN3CCOCC3)n2)c(Cl)c1. The van der Waals surface area contributed by atoms with Crippen LogP contribution in [0, 0.1) is 0 Å². The largest absolute Gasteiger partial charge is 0.379 e. The first-order valence-electron chi connectivity index (χ1n) is 7.52. The number of morpholine rings is 1. The van der Waals surface area contributed by atoms with Crippen molar-refractivity contribution in [3.8, 4) is 5.69 Å². The Hall–Kier alpha value is -1.07.